The van der Waals surface area contributed by atoms with Crippen molar-refractivity contribution in [3.63, 3.8) is 0 Å². The average molecular weight is 339 g/mol. The van der Waals surface area contributed by atoms with Gasteiger partial charge >= 0.3 is 5.97 Å². The van der Waals surface area contributed by atoms with Gasteiger partial charge in [-0.05, 0) is 31.4 Å². The summed E-state index contributed by atoms with van der Waals surface area (Å²) in [6, 6.07) is 6.80. The fraction of sp³-hybridized carbons (Fsp3) is 0.500. The molecule has 6 heteroatoms. The number of carbonyl (C=O) groups is 2. The maximum Gasteiger partial charge on any atom is 0.311 e. The van der Waals surface area contributed by atoms with Crippen LogP contribution in [0, 0.1) is 0 Å². The van der Waals surface area contributed by atoms with E-state index >= 15 is 0 Å². The molecule has 1 atom stereocenters. The number of unbranched alkanes of at least 4 members (excludes halogenated alkanes) is 1. The summed E-state index contributed by atoms with van der Waals surface area (Å²) in [7, 11) is 5.47. The Kier molecular flexibility index (Phi) is 7.12. The van der Waals surface area contributed by atoms with Crippen molar-refractivity contribution < 1.29 is 14.3 Å². The van der Waals surface area contributed by atoms with Gasteiger partial charge < -0.3 is 10.1 Å². The highest BCUT2D eigenvalue weighted by Gasteiger charge is 2.17. The van der Waals surface area contributed by atoms with Gasteiger partial charge in [0.15, 0.2) is 0 Å². The van der Waals surface area contributed by atoms with E-state index < -0.39 is 0 Å². The van der Waals surface area contributed by atoms with E-state index in [2.05, 4.69) is 5.32 Å². The molecule has 1 aliphatic rings. The fourth-order valence-electron chi connectivity index (χ4n) is 2.26. The molecule has 120 valence electrons. The number of esters is 1. The standard InChI is InChI=1S/C16H21NO3S2/c1-17-16(19)13-7-3-4-8-14(13)20-15(18)9-5-2-6-12-10-11-21-22-12/h3-4,7-8,12H,2,5-6,9-11H2,1H3,(H,17,19). The number of hydrogen-bond donors (Lipinski definition) is 1. The minimum Gasteiger partial charge on any atom is -0.426 e. The Labute approximate surface area is 139 Å². The van der Waals surface area contributed by atoms with Crippen LogP contribution in [0.2, 0.25) is 0 Å². The second kappa shape index (κ2) is 9.10. The molecule has 0 aliphatic carbocycles. The summed E-state index contributed by atoms with van der Waals surface area (Å²) in [4.78, 5) is 23.6. The summed E-state index contributed by atoms with van der Waals surface area (Å²) in [5.74, 6) is 1.05. The zero-order valence-corrected chi connectivity index (χ0v) is 14.3. The van der Waals surface area contributed by atoms with E-state index in [1.54, 1.807) is 31.3 Å². The van der Waals surface area contributed by atoms with Gasteiger partial charge in [0.1, 0.15) is 5.75 Å². The second-order valence-corrected chi connectivity index (χ2v) is 7.91. The first-order valence-electron chi connectivity index (χ1n) is 7.50. The quantitative estimate of drug-likeness (QED) is 0.355. The van der Waals surface area contributed by atoms with Crippen LogP contribution < -0.4 is 10.1 Å². The van der Waals surface area contributed by atoms with E-state index in [9.17, 15) is 9.59 Å². The van der Waals surface area contributed by atoms with Crippen LogP contribution in [0.25, 0.3) is 0 Å². The van der Waals surface area contributed by atoms with Crippen LogP contribution in [-0.4, -0.2) is 29.9 Å². The van der Waals surface area contributed by atoms with Crippen molar-refractivity contribution in [2.75, 3.05) is 12.8 Å². The Bertz CT molecular complexity index is 516. The third-order valence-corrected chi connectivity index (χ3v) is 6.47. The zero-order valence-electron chi connectivity index (χ0n) is 12.7. The molecule has 1 unspecified atom stereocenters. The molecule has 1 aliphatic heterocycles. The Balaban J connectivity index is 1.75. The summed E-state index contributed by atoms with van der Waals surface area (Å²) in [6.45, 7) is 0. The molecule has 4 nitrogen and oxygen atoms in total. The number of rotatable bonds is 7. The summed E-state index contributed by atoms with van der Waals surface area (Å²) in [6.07, 6.45) is 4.72. The molecule has 0 aromatic heterocycles. The van der Waals surface area contributed by atoms with Crippen molar-refractivity contribution in [3.05, 3.63) is 29.8 Å². The van der Waals surface area contributed by atoms with Crippen molar-refractivity contribution >= 4 is 33.5 Å². The van der Waals surface area contributed by atoms with Crippen LogP contribution in [-0.2, 0) is 4.79 Å². The van der Waals surface area contributed by atoms with Crippen LogP contribution in [0.4, 0.5) is 0 Å². The Hall–Kier alpha value is -1.14. The van der Waals surface area contributed by atoms with Gasteiger partial charge in [-0.2, -0.15) is 0 Å². The van der Waals surface area contributed by atoms with Crippen LogP contribution in [0.5, 0.6) is 5.75 Å². The number of carbonyl (C=O) groups excluding carboxylic acids is 2. The predicted molar refractivity (Wildman–Crippen MR) is 92.4 cm³/mol. The molecule has 1 heterocycles. The average Bonchev–Trinajstić information content (AvgIpc) is 3.05. The van der Waals surface area contributed by atoms with Crippen molar-refractivity contribution in [2.24, 2.45) is 0 Å². The van der Waals surface area contributed by atoms with Gasteiger partial charge in [-0.25, -0.2) is 0 Å². The second-order valence-electron chi connectivity index (χ2n) is 5.12. The minimum atomic E-state index is -0.273. The molecule has 1 fully saturated rings. The van der Waals surface area contributed by atoms with Gasteiger partial charge in [0.2, 0.25) is 0 Å². The van der Waals surface area contributed by atoms with Crippen LogP contribution >= 0.6 is 21.6 Å². The first kappa shape index (κ1) is 17.2. The summed E-state index contributed by atoms with van der Waals surface area (Å²) >= 11 is 0. The molecular weight excluding hydrogens is 318 g/mol. The van der Waals surface area contributed by atoms with Crippen molar-refractivity contribution in [3.8, 4) is 5.75 Å². The SMILES string of the molecule is CNC(=O)c1ccccc1OC(=O)CCCCC1CCSS1. The topological polar surface area (TPSA) is 55.4 Å². The molecule has 0 spiro atoms. The Morgan fingerprint density at radius 3 is 2.86 bits per heavy atom. The van der Waals surface area contributed by atoms with E-state index in [1.807, 2.05) is 21.6 Å². The number of amides is 1. The van der Waals surface area contributed by atoms with Crippen molar-refractivity contribution in [2.45, 2.75) is 37.4 Å². The van der Waals surface area contributed by atoms with Crippen LogP contribution in [0.3, 0.4) is 0 Å². The highest BCUT2D eigenvalue weighted by atomic mass is 33.1. The molecule has 1 saturated heterocycles. The maximum atomic E-state index is 11.9. The van der Waals surface area contributed by atoms with Gasteiger partial charge in [0.05, 0.1) is 5.56 Å². The predicted octanol–water partition coefficient (Wildman–Crippen LogP) is 3.67. The molecule has 2 rings (SSSR count). The van der Waals surface area contributed by atoms with Gasteiger partial charge in [-0.3, -0.25) is 9.59 Å². The van der Waals surface area contributed by atoms with E-state index in [-0.39, 0.29) is 11.9 Å². The fourth-order valence-corrected chi connectivity index (χ4v) is 5.29. The van der Waals surface area contributed by atoms with Gasteiger partial charge in [0.25, 0.3) is 5.91 Å². The van der Waals surface area contributed by atoms with Crippen molar-refractivity contribution in [1.29, 1.82) is 0 Å². The number of ether oxygens (including phenoxy) is 1. The lowest BCUT2D eigenvalue weighted by molar-refractivity contribution is -0.134. The molecule has 1 amide bonds. The first-order chi connectivity index (χ1) is 10.7. The number of para-hydroxylation sites is 1. The summed E-state index contributed by atoms with van der Waals surface area (Å²) in [5.41, 5.74) is 0.387. The lowest BCUT2D eigenvalue weighted by Crippen LogP contribution is -2.20. The Morgan fingerprint density at radius 2 is 2.14 bits per heavy atom. The largest absolute Gasteiger partial charge is 0.426 e. The smallest absolute Gasteiger partial charge is 0.311 e. The van der Waals surface area contributed by atoms with Crippen LogP contribution in [0.15, 0.2) is 24.3 Å². The summed E-state index contributed by atoms with van der Waals surface area (Å²) in [5, 5.41) is 3.29. The van der Waals surface area contributed by atoms with Gasteiger partial charge in [0, 0.05) is 24.5 Å². The van der Waals surface area contributed by atoms with E-state index in [4.69, 9.17) is 4.74 Å². The molecule has 1 N–H and O–H groups in total. The number of hydrogen-bond acceptors (Lipinski definition) is 5. The third kappa shape index (κ3) is 5.25. The monoisotopic (exact) mass is 339 g/mol. The Morgan fingerprint density at radius 1 is 1.32 bits per heavy atom. The van der Waals surface area contributed by atoms with Crippen LogP contribution in [0.1, 0.15) is 42.5 Å². The van der Waals surface area contributed by atoms with Crippen molar-refractivity contribution in [1.82, 2.24) is 5.32 Å². The first-order valence-corrected chi connectivity index (χ1v) is 9.89. The molecule has 0 saturated carbocycles. The number of benzene rings is 1. The molecule has 1 aromatic carbocycles. The molecule has 1 aromatic rings. The van der Waals surface area contributed by atoms with Gasteiger partial charge in [-0.1, -0.05) is 40.1 Å². The van der Waals surface area contributed by atoms with Gasteiger partial charge in [-0.15, -0.1) is 0 Å². The maximum absolute atomic E-state index is 11.9. The normalized spacial score (nSPS) is 17.2. The zero-order chi connectivity index (χ0) is 15.8. The molecule has 0 bridgehead atoms. The highest BCUT2D eigenvalue weighted by molar-refractivity contribution is 8.77. The number of nitrogens with one attached hydrogen (secondary N) is 1. The summed E-state index contributed by atoms with van der Waals surface area (Å²) < 4.78 is 5.33. The third-order valence-electron chi connectivity index (χ3n) is 3.47. The van der Waals surface area contributed by atoms with E-state index in [0.717, 1.165) is 18.1 Å². The lowest BCUT2D eigenvalue weighted by atomic mass is 10.1. The van der Waals surface area contributed by atoms with E-state index in [1.165, 1.54) is 18.6 Å². The molecular formula is C16H21NO3S2. The highest BCUT2D eigenvalue weighted by Crippen LogP contribution is 2.39. The molecule has 0 radical (unpaired) electrons. The lowest BCUT2D eigenvalue weighted by Gasteiger charge is -2.09. The molecule has 22 heavy (non-hydrogen) atoms. The van der Waals surface area contributed by atoms with E-state index in [0.29, 0.717) is 17.7 Å². The minimum absolute atomic E-state index is 0.251.